The van der Waals surface area contributed by atoms with E-state index in [-0.39, 0.29) is 6.10 Å². The molecule has 0 aromatic rings. The molecular weight excluding hydrogens is 128 g/mol. The fraction of sp³-hybridized carbons (Fsp3) is 0.600. The molecule has 47 valence electrons. The topological polar surface area (TPSA) is 26.3 Å². The second-order valence-electron chi connectivity index (χ2n) is 1.59. The van der Waals surface area contributed by atoms with Crippen LogP contribution in [0.4, 0.5) is 0 Å². The molecule has 0 atom stereocenters. The molecule has 0 N–H and O–H groups in total. The van der Waals surface area contributed by atoms with E-state index in [9.17, 15) is 4.79 Å². The smallest absolute Gasteiger partial charge is 0.326 e. The van der Waals surface area contributed by atoms with Crippen LogP contribution in [0.5, 0.6) is 0 Å². The number of esters is 1. The molecule has 0 aliphatic carbocycles. The minimum Gasteiger partial charge on any atom is -0.462 e. The fourth-order valence-electron chi connectivity index (χ4n) is 0.258. The van der Waals surface area contributed by atoms with Crippen LogP contribution in [0.3, 0.4) is 0 Å². The Morgan fingerprint density at radius 3 is 2.38 bits per heavy atom. The Kier molecular flexibility index (Phi) is 3.61. The van der Waals surface area contributed by atoms with Gasteiger partial charge in [-0.15, -0.1) is 11.6 Å². The first-order chi connectivity index (χ1) is 3.66. The molecule has 0 saturated carbocycles. The van der Waals surface area contributed by atoms with E-state index in [4.69, 9.17) is 11.6 Å². The van der Waals surface area contributed by atoms with E-state index in [0.717, 1.165) is 5.88 Å². The molecule has 0 bridgehead atoms. The van der Waals surface area contributed by atoms with E-state index in [1.807, 2.05) is 0 Å². The summed E-state index contributed by atoms with van der Waals surface area (Å²) < 4.78 is 4.57. The Labute approximate surface area is 53.8 Å². The zero-order chi connectivity index (χ0) is 6.57. The lowest BCUT2D eigenvalue weighted by Crippen LogP contribution is -2.09. The van der Waals surface area contributed by atoms with E-state index < -0.39 is 5.97 Å². The Bertz CT molecular complexity index is 80.5. The number of carbonyl (C=O) groups is 1. The van der Waals surface area contributed by atoms with Crippen molar-refractivity contribution in [1.29, 1.82) is 0 Å². The van der Waals surface area contributed by atoms with Gasteiger partial charge in [-0.2, -0.15) is 0 Å². The maximum absolute atomic E-state index is 10.2. The van der Waals surface area contributed by atoms with E-state index in [2.05, 4.69) is 4.74 Å². The van der Waals surface area contributed by atoms with Crippen molar-refractivity contribution in [2.75, 3.05) is 0 Å². The molecule has 1 radical (unpaired) electrons. The van der Waals surface area contributed by atoms with Crippen LogP contribution in [-0.4, -0.2) is 12.1 Å². The number of halogens is 1. The number of rotatable bonds is 2. The summed E-state index contributed by atoms with van der Waals surface area (Å²) in [6, 6.07) is 0. The van der Waals surface area contributed by atoms with Gasteiger partial charge in [-0.1, -0.05) is 0 Å². The van der Waals surface area contributed by atoms with Gasteiger partial charge in [0.25, 0.3) is 0 Å². The van der Waals surface area contributed by atoms with Gasteiger partial charge in [0.15, 0.2) is 5.88 Å². The molecule has 2 nitrogen and oxygen atoms in total. The van der Waals surface area contributed by atoms with Crippen molar-refractivity contribution in [3.8, 4) is 0 Å². The standard InChI is InChI=1S/C5H8ClO2/c1-4(2)8-5(7)3-6/h3-4H,1-2H3. The molecule has 0 heterocycles. The number of hydrogen-bond donors (Lipinski definition) is 0. The van der Waals surface area contributed by atoms with E-state index in [1.54, 1.807) is 13.8 Å². The molecule has 8 heavy (non-hydrogen) atoms. The van der Waals surface area contributed by atoms with Gasteiger partial charge in [0.1, 0.15) is 0 Å². The Hall–Kier alpha value is -0.240. The van der Waals surface area contributed by atoms with Crippen molar-refractivity contribution < 1.29 is 9.53 Å². The van der Waals surface area contributed by atoms with E-state index in [0.29, 0.717) is 0 Å². The summed E-state index contributed by atoms with van der Waals surface area (Å²) in [5.41, 5.74) is 0. The molecule has 0 amide bonds. The zero-order valence-corrected chi connectivity index (χ0v) is 5.61. The predicted molar refractivity (Wildman–Crippen MR) is 31.4 cm³/mol. The highest BCUT2D eigenvalue weighted by atomic mass is 35.5. The highest BCUT2D eigenvalue weighted by Crippen LogP contribution is 1.93. The highest BCUT2D eigenvalue weighted by molar-refractivity contribution is 6.33. The third-order valence-electron chi connectivity index (χ3n) is 0.441. The van der Waals surface area contributed by atoms with Crippen molar-refractivity contribution in [2.45, 2.75) is 20.0 Å². The van der Waals surface area contributed by atoms with E-state index in [1.165, 1.54) is 0 Å². The Morgan fingerprint density at radius 1 is 1.75 bits per heavy atom. The Balaban J connectivity index is 3.25. The molecule has 3 heteroatoms. The van der Waals surface area contributed by atoms with Crippen molar-refractivity contribution in [3.05, 3.63) is 5.88 Å². The summed E-state index contributed by atoms with van der Waals surface area (Å²) in [7, 11) is 0. The van der Waals surface area contributed by atoms with Gasteiger partial charge in [0.2, 0.25) is 0 Å². The first-order valence-electron chi connectivity index (χ1n) is 2.31. The molecule has 0 rings (SSSR count). The van der Waals surface area contributed by atoms with Crippen LogP contribution >= 0.6 is 11.6 Å². The third-order valence-corrected chi connectivity index (χ3v) is 0.619. The molecule has 0 fully saturated rings. The van der Waals surface area contributed by atoms with E-state index >= 15 is 0 Å². The second kappa shape index (κ2) is 3.72. The molecular formula is C5H8ClO2. The van der Waals surface area contributed by atoms with Crippen LogP contribution in [0.1, 0.15) is 13.8 Å². The third kappa shape index (κ3) is 3.93. The lowest BCUT2D eigenvalue weighted by atomic mass is 10.5. The Morgan fingerprint density at radius 2 is 2.25 bits per heavy atom. The van der Waals surface area contributed by atoms with Gasteiger partial charge in [-0.05, 0) is 13.8 Å². The average Bonchev–Trinajstić information content (AvgIpc) is 1.65. The van der Waals surface area contributed by atoms with Crippen LogP contribution in [0.25, 0.3) is 0 Å². The van der Waals surface area contributed by atoms with Crippen LogP contribution in [0.15, 0.2) is 0 Å². The lowest BCUT2D eigenvalue weighted by Gasteiger charge is -2.03. The highest BCUT2D eigenvalue weighted by Gasteiger charge is 2.01. The maximum Gasteiger partial charge on any atom is 0.326 e. The van der Waals surface area contributed by atoms with Crippen molar-refractivity contribution in [2.24, 2.45) is 0 Å². The largest absolute Gasteiger partial charge is 0.462 e. The molecule has 0 unspecified atom stereocenters. The summed E-state index contributed by atoms with van der Waals surface area (Å²) >= 11 is 5.00. The summed E-state index contributed by atoms with van der Waals surface area (Å²) in [6.07, 6.45) is -0.0856. The monoisotopic (exact) mass is 135 g/mol. The lowest BCUT2D eigenvalue weighted by molar-refractivity contribution is -0.142. The van der Waals surface area contributed by atoms with Crippen LogP contribution in [0, 0.1) is 5.88 Å². The van der Waals surface area contributed by atoms with Gasteiger partial charge in [0, 0.05) is 0 Å². The number of hydrogen-bond acceptors (Lipinski definition) is 2. The molecule has 0 aromatic heterocycles. The van der Waals surface area contributed by atoms with Crippen molar-refractivity contribution in [1.82, 2.24) is 0 Å². The molecule has 0 aliphatic rings. The van der Waals surface area contributed by atoms with Crippen LogP contribution < -0.4 is 0 Å². The van der Waals surface area contributed by atoms with Crippen LogP contribution in [0.2, 0.25) is 0 Å². The second-order valence-corrected chi connectivity index (χ2v) is 1.81. The first-order valence-corrected chi connectivity index (χ1v) is 2.74. The minimum atomic E-state index is -0.485. The summed E-state index contributed by atoms with van der Waals surface area (Å²) in [4.78, 5) is 10.2. The SMILES string of the molecule is CC(C)OC(=O)[CH]Cl. The molecule has 0 aliphatic heterocycles. The first kappa shape index (κ1) is 7.76. The quantitative estimate of drug-likeness (QED) is 0.534. The predicted octanol–water partition coefficient (Wildman–Crippen LogP) is 1.34. The average molecular weight is 136 g/mol. The molecule has 0 saturated heterocycles. The number of ether oxygens (including phenoxy) is 1. The van der Waals surface area contributed by atoms with Crippen LogP contribution in [-0.2, 0) is 9.53 Å². The van der Waals surface area contributed by atoms with Gasteiger partial charge >= 0.3 is 5.97 Å². The normalized spacial score (nSPS) is 9.50. The summed E-state index contributed by atoms with van der Waals surface area (Å²) in [5, 5.41) is 0. The van der Waals surface area contributed by atoms with Crippen molar-refractivity contribution in [3.63, 3.8) is 0 Å². The number of carbonyl (C=O) groups excluding carboxylic acids is 1. The summed E-state index contributed by atoms with van der Waals surface area (Å²) in [6.45, 7) is 3.52. The van der Waals surface area contributed by atoms with Gasteiger partial charge in [0.05, 0.1) is 6.10 Å². The molecule has 0 aromatic carbocycles. The van der Waals surface area contributed by atoms with Gasteiger partial charge < -0.3 is 4.74 Å². The fourth-order valence-corrected chi connectivity index (χ4v) is 0.309. The van der Waals surface area contributed by atoms with Gasteiger partial charge in [-0.3, -0.25) is 4.79 Å². The zero-order valence-electron chi connectivity index (χ0n) is 4.85. The molecule has 0 spiro atoms. The van der Waals surface area contributed by atoms with Gasteiger partial charge in [-0.25, -0.2) is 0 Å². The maximum atomic E-state index is 10.2. The summed E-state index contributed by atoms with van der Waals surface area (Å²) in [5.74, 6) is 0.390. The van der Waals surface area contributed by atoms with Crippen molar-refractivity contribution >= 4 is 17.6 Å². The minimum absolute atomic E-state index is 0.0856.